The van der Waals surface area contributed by atoms with E-state index in [2.05, 4.69) is 63.9 Å². The van der Waals surface area contributed by atoms with Crippen LogP contribution in [0.25, 0.3) is 20.5 Å². The van der Waals surface area contributed by atoms with Crippen molar-refractivity contribution in [3.63, 3.8) is 0 Å². The molecule has 0 amide bonds. The van der Waals surface area contributed by atoms with E-state index in [0.29, 0.717) is 0 Å². The Morgan fingerprint density at radius 3 is 2.57 bits per heavy atom. The van der Waals surface area contributed by atoms with Gasteiger partial charge >= 0.3 is 0 Å². The van der Waals surface area contributed by atoms with E-state index in [0.717, 1.165) is 43.2 Å². The number of morpholine rings is 1. The smallest absolute Gasteiger partial charge is 0.118 e. The lowest BCUT2D eigenvalue weighted by atomic mass is 10.0. The first-order chi connectivity index (χ1) is 14.8. The van der Waals surface area contributed by atoms with Crippen molar-refractivity contribution in [1.29, 1.82) is 0 Å². The third kappa shape index (κ3) is 3.82. The van der Waals surface area contributed by atoms with Crippen LogP contribution in [0.1, 0.15) is 11.1 Å². The molecule has 0 radical (unpaired) electrons. The summed E-state index contributed by atoms with van der Waals surface area (Å²) in [4.78, 5) is 3.60. The zero-order valence-electron chi connectivity index (χ0n) is 16.7. The van der Waals surface area contributed by atoms with E-state index in [-0.39, 0.29) is 0 Å². The number of methoxy groups -OCH3 is 1. The summed E-state index contributed by atoms with van der Waals surface area (Å²) in [7, 11) is 1.69. The van der Waals surface area contributed by atoms with Crippen LogP contribution in [-0.4, -0.2) is 33.4 Å². The molecule has 0 atom stereocenters. The molecule has 30 heavy (non-hydrogen) atoms. The largest absolute Gasteiger partial charge is 0.497 e. The molecule has 0 aliphatic carbocycles. The molecule has 2 aromatic heterocycles. The maximum absolute atomic E-state index is 5.52. The van der Waals surface area contributed by atoms with Crippen LogP contribution in [0.15, 0.2) is 59.3 Å². The molecular weight excluding hydrogens is 410 g/mol. The average Bonchev–Trinajstić information content (AvgIpc) is 3.45. The number of anilines is 1. The van der Waals surface area contributed by atoms with E-state index in [1.165, 1.54) is 26.2 Å². The monoisotopic (exact) mass is 431 g/mol. The minimum absolute atomic E-state index is 0.781. The van der Waals surface area contributed by atoms with Crippen LogP contribution in [0.4, 0.5) is 5.69 Å². The van der Waals surface area contributed by atoms with Gasteiger partial charge in [0.1, 0.15) is 5.75 Å². The number of thiophene rings is 2. The number of fused-ring (bicyclic) bond motifs is 1. The Hall–Kier alpha value is -2.78. The number of hydrogen-bond donors (Lipinski definition) is 0. The van der Waals surface area contributed by atoms with Crippen LogP contribution in [0.3, 0.4) is 0 Å². The highest BCUT2D eigenvalue weighted by Crippen LogP contribution is 2.40. The molecule has 0 bridgehead atoms. The highest BCUT2D eigenvalue weighted by atomic mass is 32.1. The van der Waals surface area contributed by atoms with Gasteiger partial charge in [-0.2, -0.15) is 11.3 Å². The van der Waals surface area contributed by atoms with Gasteiger partial charge in [-0.25, -0.2) is 0 Å². The molecule has 1 aliphatic heterocycles. The first kappa shape index (κ1) is 19.2. The molecule has 150 valence electrons. The lowest BCUT2D eigenvalue weighted by Gasteiger charge is -2.28. The molecule has 0 unspecified atom stereocenters. The van der Waals surface area contributed by atoms with Gasteiger partial charge in [0.05, 0.1) is 30.8 Å². The molecule has 5 heteroatoms. The van der Waals surface area contributed by atoms with Crippen molar-refractivity contribution in [2.24, 2.45) is 0 Å². The fourth-order valence-electron chi connectivity index (χ4n) is 3.64. The summed E-state index contributed by atoms with van der Waals surface area (Å²) in [6, 6.07) is 17.1. The lowest BCUT2D eigenvalue weighted by Crippen LogP contribution is -2.36. The number of ether oxygens (including phenoxy) is 2. The summed E-state index contributed by atoms with van der Waals surface area (Å²) < 4.78 is 12.1. The van der Waals surface area contributed by atoms with Gasteiger partial charge in [0, 0.05) is 39.8 Å². The Morgan fingerprint density at radius 1 is 1.00 bits per heavy atom. The summed E-state index contributed by atoms with van der Waals surface area (Å²) in [5.41, 5.74) is 4.56. The number of benzene rings is 2. The highest BCUT2D eigenvalue weighted by molar-refractivity contribution is 7.22. The fourth-order valence-corrected chi connectivity index (χ4v) is 5.38. The lowest BCUT2D eigenvalue weighted by molar-refractivity contribution is 0.122. The molecule has 1 fully saturated rings. The Bertz CT molecular complexity index is 1210. The van der Waals surface area contributed by atoms with Gasteiger partial charge in [-0.1, -0.05) is 11.8 Å². The van der Waals surface area contributed by atoms with Crippen molar-refractivity contribution >= 4 is 38.4 Å². The molecule has 0 N–H and O–H groups in total. The second-order valence-corrected chi connectivity index (χ2v) is 8.91. The Labute approximate surface area is 184 Å². The molecule has 3 nitrogen and oxygen atoms in total. The van der Waals surface area contributed by atoms with Crippen molar-refractivity contribution in [1.82, 2.24) is 0 Å². The SMILES string of the molecule is COc1ccc(-c2sc3ccc(N4CCOCC4)cc3c2C#Cc2ccsc2)cc1. The highest BCUT2D eigenvalue weighted by Gasteiger charge is 2.16. The second kappa shape index (κ2) is 8.53. The molecule has 5 rings (SSSR count). The topological polar surface area (TPSA) is 21.7 Å². The first-order valence-electron chi connectivity index (χ1n) is 9.90. The zero-order valence-corrected chi connectivity index (χ0v) is 18.3. The molecule has 4 aromatic rings. The Morgan fingerprint density at radius 2 is 1.83 bits per heavy atom. The number of rotatable bonds is 3. The predicted octanol–water partition coefficient (Wildman–Crippen LogP) is 5.87. The predicted molar refractivity (Wildman–Crippen MR) is 127 cm³/mol. The second-order valence-electron chi connectivity index (χ2n) is 7.08. The fraction of sp³-hybridized carbons (Fsp3) is 0.200. The molecule has 3 heterocycles. The van der Waals surface area contributed by atoms with E-state index < -0.39 is 0 Å². The Balaban J connectivity index is 1.64. The van der Waals surface area contributed by atoms with E-state index in [1.807, 2.05) is 12.1 Å². The standard InChI is InChI=1S/C25H21NO2S2/c1-27-21-6-3-19(4-7-21)25-22(8-2-18-10-15-29-17-18)23-16-20(5-9-24(23)30-25)26-11-13-28-14-12-26/h3-7,9-10,15-17H,11-14H2,1H3. The normalized spacial score (nSPS) is 13.8. The maximum Gasteiger partial charge on any atom is 0.118 e. The average molecular weight is 432 g/mol. The van der Waals surface area contributed by atoms with Crippen LogP contribution >= 0.6 is 22.7 Å². The van der Waals surface area contributed by atoms with Crippen LogP contribution in [0, 0.1) is 11.8 Å². The third-order valence-corrected chi connectivity index (χ3v) is 7.16. The van der Waals surface area contributed by atoms with Gasteiger partial charge in [-0.05, 0) is 59.5 Å². The molecule has 1 aliphatic rings. The van der Waals surface area contributed by atoms with Gasteiger partial charge in [0.15, 0.2) is 0 Å². The number of nitrogens with zero attached hydrogens (tertiary/aromatic N) is 1. The maximum atomic E-state index is 5.52. The van der Waals surface area contributed by atoms with Crippen molar-refractivity contribution in [2.75, 3.05) is 38.3 Å². The molecule has 0 spiro atoms. The van der Waals surface area contributed by atoms with Crippen LogP contribution < -0.4 is 9.64 Å². The summed E-state index contributed by atoms with van der Waals surface area (Å²) in [5, 5.41) is 5.38. The van der Waals surface area contributed by atoms with Gasteiger partial charge < -0.3 is 14.4 Å². The number of hydrogen-bond acceptors (Lipinski definition) is 5. The summed E-state index contributed by atoms with van der Waals surface area (Å²) in [6.45, 7) is 3.42. The quantitative estimate of drug-likeness (QED) is 0.378. The van der Waals surface area contributed by atoms with Gasteiger partial charge in [-0.15, -0.1) is 11.3 Å². The van der Waals surface area contributed by atoms with Crippen molar-refractivity contribution in [3.8, 4) is 28.0 Å². The van der Waals surface area contributed by atoms with Gasteiger partial charge in [0.25, 0.3) is 0 Å². The summed E-state index contributed by atoms with van der Waals surface area (Å²) in [5.74, 6) is 7.71. The van der Waals surface area contributed by atoms with Crippen LogP contribution in [0.2, 0.25) is 0 Å². The third-order valence-electron chi connectivity index (χ3n) is 5.25. The van der Waals surface area contributed by atoms with Crippen molar-refractivity contribution in [2.45, 2.75) is 0 Å². The van der Waals surface area contributed by atoms with Gasteiger partial charge in [0.2, 0.25) is 0 Å². The van der Waals surface area contributed by atoms with Gasteiger partial charge in [-0.3, -0.25) is 0 Å². The van der Waals surface area contributed by atoms with Crippen LogP contribution in [-0.2, 0) is 4.74 Å². The Kier molecular flexibility index (Phi) is 5.46. The molecule has 0 saturated carbocycles. The van der Waals surface area contributed by atoms with E-state index in [1.54, 1.807) is 29.8 Å². The molecule has 2 aromatic carbocycles. The molecular formula is C25H21NO2S2. The van der Waals surface area contributed by atoms with Crippen molar-refractivity contribution < 1.29 is 9.47 Å². The zero-order chi connectivity index (χ0) is 20.3. The summed E-state index contributed by atoms with van der Waals surface area (Å²) >= 11 is 3.47. The van der Waals surface area contributed by atoms with Crippen LogP contribution in [0.5, 0.6) is 5.75 Å². The van der Waals surface area contributed by atoms with E-state index in [4.69, 9.17) is 9.47 Å². The van der Waals surface area contributed by atoms with E-state index in [9.17, 15) is 0 Å². The summed E-state index contributed by atoms with van der Waals surface area (Å²) in [6.07, 6.45) is 0. The van der Waals surface area contributed by atoms with E-state index >= 15 is 0 Å². The minimum atomic E-state index is 0.781. The molecule has 1 saturated heterocycles. The minimum Gasteiger partial charge on any atom is -0.497 e. The first-order valence-corrected chi connectivity index (χ1v) is 11.7. The van der Waals surface area contributed by atoms with Crippen molar-refractivity contribution in [3.05, 3.63) is 70.4 Å².